The van der Waals surface area contributed by atoms with E-state index >= 15 is 0 Å². The highest BCUT2D eigenvalue weighted by molar-refractivity contribution is 7.89. The zero-order chi connectivity index (χ0) is 18.0. The second-order valence-electron chi connectivity index (χ2n) is 5.70. The van der Waals surface area contributed by atoms with E-state index in [-0.39, 0.29) is 4.88 Å². The largest absolute Gasteiger partial charge is 0.477 e. The number of anilines is 1. The number of aromatic nitrogens is 1. The van der Waals surface area contributed by atoms with E-state index in [2.05, 4.69) is 4.98 Å². The van der Waals surface area contributed by atoms with Gasteiger partial charge in [-0.1, -0.05) is 30.4 Å². The Morgan fingerprint density at radius 1 is 1.20 bits per heavy atom. The molecule has 1 aromatic heterocycles. The molecule has 1 aliphatic heterocycles. The number of aromatic carboxylic acids is 1. The molecule has 25 heavy (non-hydrogen) atoms. The van der Waals surface area contributed by atoms with Crippen LogP contribution in [0.25, 0.3) is 0 Å². The number of carboxylic acid groups (broad SMARTS) is 1. The van der Waals surface area contributed by atoms with Crippen LogP contribution in [0.2, 0.25) is 0 Å². The Morgan fingerprint density at radius 2 is 1.84 bits per heavy atom. The molecule has 0 saturated carbocycles. The molecule has 0 amide bonds. The SMILES string of the molecule is CCc1ccc(S(=O)(=O)N2CCN(c3ncc(C(=O)O)s3)CC2)cc1. The van der Waals surface area contributed by atoms with Crippen molar-refractivity contribution in [2.24, 2.45) is 0 Å². The zero-order valence-electron chi connectivity index (χ0n) is 13.8. The molecule has 0 spiro atoms. The number of aryl methyl sites for hydroxylation is 1. The third-order valence-electron chi connectivity index (χ3n) is 4.18. The van der Waals surface area contributed by atoms with Crippen molar-refractivity contribution >= 4 is 32.5 Å². The average molecular weight is 381 g/mol. The van der Waals surface area contributed by atoms with Gasteiger partial charge in [-0.15, -0.1) is 0 Å². The van der Waals surface area contributed by atoms with Crippen LogP contribution in [0.5, 0.6) is 0 Å². The predicted molar refractivity (Wildman–Crippen MR) is 95.9 cm³/mol. The number of nitrogens with zero attached hydrogens (tertiary/aromatic N) is 3. The second kappa shape index (κ2) is 7.11. The van der Waals surface area contributed by atoms with Gasteiger partial charge in [0.05, 0.1) is 11.1 Å². The number of thiazole rings is 1. The van der Waals surface area contributed by atoms with Gasteiger partial charge in [-0.25, -0.2) is 18.2 Å². The molecule has 2 aromatic rings. The topological polar surface area (TPSA) is 90.8 Å². The summed E-state index contributed by atoms with van der Waals surface area (Å²) in [5, 5.41) is 9.59. The van der Waals surface area contributed by atoms with E-state index in [9.17, 15) is 13.2 Å². The van der Waals surface area contributed by atoms with Crippen molar-refractivity contribution in [2.75, 3.05) is 31.1 Å². The van der Waals surface area contributed by atoms with Crippen molar-refractivity contribution < 1.29 is 18.3 Å². The van der Waals surface area contributed by atoms with Gasteiger partial charge in [0.15, 0.2) is 5.13 Å². The fourth-order valence-corrected chi connectivity index (χ4v) is 4.90. The summed E-state index contributed by atoms with van der Waals surface area (Å²) in [5.74, 6) is -1.000. The van der Waals surface area contributed by atoms with E-state index in [1.54, 1.807) is 12.1 Å². The summed E-state index contributed by atoms with van der Waals surface area (Å²) >= 11 is 1.10. The Bertz CT molecular complexity index is 854. The molecule has 2 heterocycles. The van der Waals surface area contributed by atoms with Gasteiger partial charge in [0, 0.05) is 26.2 Å². The van der Waals surface area contributed by atoms with Crippen LogP contribution in [0.15, 0.2) is 35.4 Å². The van der Waals surface area contributed by atoms with E-state index in [0.717, 1.165) is 23.3 Å². The van der Waals surface area contributed by atoms with Crippen molar-refractivity contribution in [1.82, 2.24) is 9.29 Å². The zero-order valence-corrected chi connectivity index (χ0v) is 15.4. The van der Waals surface area contributed by atoms with Crippen molar-refractivity contribution in [3.63, 3.8) is 0 Å². The van der Waals surface area contributed by atoms with Crippen molar-refractivity contribution in [3.8, 4) is 0 Å². The summed E-state index contributed by atoms with van der Waals surface area (Å²) in [4.78, 5) is 17.5. The van der Waals surface area contributed by atoms with Crippen LogP contribution in [0.4, 0.5) is 5.13 Å². The minimum absolute atomic E-state index is 0.182. The minimum Gasteiger partial charge on any atom is -0.477 e. The highest BCUT2D eigenvalue weighted by Gasteiger charge is 2.29. The molecule has 0 aliphatic carbocycles. The lowest BCUT2D eigenvalue weighted by Gasteiger charge is -2.33. The summed E-state index contributed by atoms with van der Waals surface area (Å²) in [6, 6.07) is 6.99. The monoisotopic (exact) mass is 381 g/mol. The van der Waals surface area contributed by atoms with Gasteiger partial charge in [-0.05, 0) is 24.1 Å². The molecule has 0 radical (unpaired) electrons. The number of piperazine rings is 1. The predicted octanol–water partition coefficient (Wildman–Crippen LogP) is 1.91. The molecule has 7 nitrogen and oxygen atoms in total. The van der Waals surface area contributed by atoms with Crippen LogP contribution >= 0.6 is 11.3 Å². The molecule has 1 fully saturated rings. The molecular weight excluding hydrogens is 362 g/mol. The summed E-state index contributed by atoms with van der Waals surface area (Å²) in [5.41, 5.74) is 1.10. The van der Waals surface area contributed by atoms with Crippen LogP contribution < -0.4 is 4.90 Å². The van der Waals surface area contributed by atoms with Crippen molar-refractivity contribution in [1.29, 1.82) is 0 Å². The molecule has 1 aromatic carbocycles. The minimum atomic E-state index is -3.51. The summed E-state index contributed by atoms with van der Waals surface area (Å²) in [7, 11) is -3.51. The fourth-order valence-electron chi connectivity index (χ4n) is 2.68. The lowest BCUT2D eigenvalue weighted by Crippen LogP contribution is -2.48. The number of sulfonamides is 1. The molecule has 3 rings (SSSR count). The van der Waals surface area contributed by atoms with Crippen LogP contribution in [0, 0.1) is 0 Å². The molecule has 134 valence electrons. The third-order valence-corrected chi connectivity index (χ3v) is 7.14. The van der Waals surface area contributed by atoms with Gasteiger partial charge < -0.3 is 10.0 Å². The van der Waals surface area contributed by atoms with Gasteiger partial charge in [-0.3, -0.25) is 0 Å². The standard InChI is InChI=1S/C16H19N3O4S2/c1-2-12-3-5-13(6-4-12)25(22,23)19-9-7-18(8-10-19)16-17-11-14(24-16)15(20)21/h3-6,11H,2,7-10H2,1H3,(H,20,21). The van der Waals surface area contributed by atoms with Gasteiger partial charge in [0.25, 0.3) is 0 Å². The first-order valence-electron chi connectivity index (χ1n) is 7.95. The average Bonchev–Trinajstić information content (AvgIpc) is 3.12. The van der Waals surface area contributed by atoms with Crippen LogP contribution in [-0.4, -0.2) is 55.0 Å². The van der Waals surface area contributed by atoms with Crippen LogP contribution in [-0.2, 0) is 16.4 Å². The molecule has 0 bridgehead atoms. The first-order valence-corrected chi connectivity index (χ1v) is 10.2. The Balaban J connectivity index is 1.68. The number of carboxylic acids is 1. The van der Waals surface area contributed by atoms with Gasteiger partial charge in [0.2, 0.25) is 10.0 Å². The number of hydrogen-bond acceptors (Lipinski definition) is 6. The molecule has 9 heteroatoms. The number of carbonyl (C=O) groups is 1. The number of rotatable bonds is 5. The number of benzene rings is 1. The number of hydrogen-bond donors (Lipinski definition) is 1. The Hall–Kier alpha value is -1.97. The Morgan fingerprint density at radius 3 is 2.36 bits per heavy atom. The van der Waals surface area contributed by atoms with E-state index in [1.807, 2.05) is 24.0 Å². The molecule has 1 aliphatic rings. The van der Waals surface area contributed by atoms with E-state index in [0.29, 0.717) is 36.2 Å². The van der Waals surface area contributed by atoms with E-state index in [4.69, 9.17) is 5.11 Å². The lowest BCUT2D eigenvalue weighted by molar-refractivity contribution is 0.0702. The van der Waals surface area contributed by atoms with Gasteiger partial charge in [0.1, 0.15) is 4.88 Å². The lowest BCUT2D eigenvalue weighted by atomic mass is 10.2. The summed E-state index contributed by atoms with van der Waals surface area (Å²) in [6.45, 7) is 3.69. The van der Waals surface area contributed by atoms with Crippen LogP contribution in [0.1, 0.15) is 22.2 Å². The third kappa shape index (κ3) is 3.68. The fraction of sp³-hybridized carbons (Fsp3) is 0.375. The van der Waals surface area contributed by atoms with Crippen LogP contribution in [0.3, 0.4) is 0 Å². The molecular formula is C16H19N3O4S2. The maximum absolute atomic E-state index is 12.7. The van der Waals surface area contributed by atoms with E-state index < -0.39 is 16.0 Å². The van der Waals surface area contributed by atoms with Gasteiger partial charge >= 0.3 is 5.97 Å². The smallest absolute Gasteiger partial charge is 0.347 e. The summed E-state index contributed by atoms with van der Waals surface area (Å²) < 4.78 is 26.9. The maximum atomic E-state index is 12.7. The quantitative estimate of drug-likeness (QED) is 0.851. The normalized spacial score (nSPS) is 16.1. The highest BCUT2D eigenvalue weighted by atomic mass is 32.2. The first kappa shape index (κ1) is 17.8. The molecule has 0 atom stereocenters. The molecule has 1 N–H and O–H groups in total. The maximum Gasteiger partial charge on any atom is 0.347 e. The van der Waals surface area contributed by atoms with E-state index in [1.165, 1.54) is 10.5 Å². The summed E-state index contributed by atoms with van der Waals surface area (Å²) in [6.07, 6.45) is 2.20. The van der Waals surface area contributed by atoms with Gasteiger partial charge in [-0.2, -0.15) is 4.31 Å². The second-order valence-corrected chi connectivity index (χ2v) is 8.65. The first-order chi connectivity index (χ1) is 11.9. The highest BCUT2D eigenvalue weighted by Crippen LogP contribution is 2.25. The Kier molecular flexibility index (Phi) is 5.07. The van der Waals surface area contributed by atoms with Crippen molar-refractivity contribution in [2.45, 2.75) is 18.2 Å². The van der Waals surface area contributed by atoms with Crippen molar-refractivity contribution in [3.05, 3.63) is 40.9 Å². The molecule has 0 unspecified atom stereocenters. The molecule has 1 saturated heterocycles. The Labute approximate surface area is 150 Å².